The number of benzene rings is 1. The lowest BCUT2D eigenvalue weighted by atomic mass is 10.2. The first-order chi connectivity index (χ1) is 10.4. The number of carbonyl (C=O) groups excluding carboxylic acids is 2. The second-order valence-electron chi connectivity index (χ2n) is 4.80. The normalized spacial score (nSPS) is 11.2. The van der Waals surface area contributed by atoms with Crippen LogP contribution in [0.1, 0.15) is 39.5 Å². The summed E-state index contributed by atoms with van der Waals surface area (Å²) in [5.74, 6) is -0.596. The first-order valence-corrected chi connectivity index (χ1v) is 7.75. The minimum Gasteiger partial charge on any atom is -0.325 e. The highest BCUT2D eigenvalue weighted by Gasteiger charge is 2.09. The molecule has 1 aromatic carbocycles. The fourth-order valence-corrected chi connectivity index (χ4v) is 2.12. The van der Waals surface area contributed by atoms with Crippen LogP contribution in [0.15, 0.2) is 23.3 Å². The summed E-state index contributed by atoms with van der Waals surface area (Å²) in [6.07, 6.45) is 1.90. The van der Waals surface area contributed by atoms with Crippen molar-refractivity contribution in [1.29, 1.82) is 0 Å². The minimum atomic E-state index is -0.298. The quantitative estimate of drug-likeness (QED) is 0.580. The number of anilines is 1. The van der Waals surface area contributed by atoms with Crippen molar-refractivity contribution in [1.82, 2.24) is 5.43 Å². The van der Waals surface area contributed by atoms with Gasteiger partial charge in [0.25, 0.3) is 0 Å². The van der Waals surface area contributed by atoms with Crippen LogP contribution in [-0.4, -0.2) is 17.5 Å². The fourth-order valence-electron chi connectivity index (χ4n) is 1.66. The van der Waals surface area contributed by atoms with Crippen molar-refractivity contribution in [2.45, 2.75) is 39.5 Å². The molecule has 0 heterocycles. The summed E-state index contributed by atoms with van der Waals surface area (Å²) >= 11 is 11.7. The molecular formula is C15H19Cl2N3O2. The summed E-state index contributed by atoms with van der Waals surface area (Å²) < 4.78 is 0. The molecule has 1 rings (SSSR count). The maximum Gasteiger partial charge on any atom is 0.240 e. The van der Waals surface area contributed by atoms with Gasteiger partial charge in [-0.05, 0) is 31.5 Å². The monoisotopic (exact) mass is 343 g/mol. The Hall–Kier alpha value is -1.59. The number of hydrogen-bond donors (Lipinski definition) is 2. The summed E-state index contributed by atoms with van der Waals surface area (Å²) in [5, 5.41) is 7.42. The van der Waals surface area contributed by atoms with Crippen LogP contribution < -0.4 is 10.7 Å². The number of hydrazone groups is 1. The molecule has 0 aromatic heterocycles. The molecule has 2 amide bonds. The van der Waals surface area contributed by atoms with E-state index in [1.807, 2.05) is 13.8 Å². The van der Waals surface area contributed by atoms with Crippen molar-refractivity contribution in [3.05, 3.63) is 28.2 Å². The SMILES string of the molecule is CCC/C(C)=N/NC(=O)CCC(=O)Nc1ccc(Cl)cc1Cl. The van der Waals surface area contributed by atoms with Crippen LogP contribution >= 0.6 is 23.2 Å². The molecule has 0 spiro atoms. The largest absolute Gasteiger partial charge is 0.325 e. The Balaban J connectivity index is 2.39. The highest BCUT2D eigenvalue weighted by Crippen LogP contribution is 2.25. The van der Waals surface area contributed by atoms with Crippen LogP contribution in [0.25, 0.3) is 0 Å². The van der Waals surface area contributed by atoms with E-state index in [1.54, 1.807) is 12.1 Å². The molecule has 1 aromatic rings. The van der Waals surface area contributed by atoms with Gasteiger partial charge < -0.3 is 5.32 Å². The molecule has 0 atom stereocenters. The molecule has 0 saturated carbocycles. The first kappa shape index (κ1) is 18.5. The van der Waals surface area contributed by atoms with E-state index in [0.717, 1.165) is 18.6 Å². The van der Waals surface area contributed by atoms with Crippen molar-refractivity contribution >= 4 is 46.4 Å². The molecule has 0 aliphatic rings. The number of amides is 2. The van der Waals surface area contributed by atoms with Crippen molar-refractivity contribution in [2.75, 3.05) is 5.32 Å². The summed E-state index contributed by atoms with van der Waals surface area (Å²) in [7, 11) is 0. The van der Waals surface area contributed by atoms with Gasteiger partial charge >= 0.3 is 0 Å². The molecule has 22 heavy (non-hydrogen) atoms. The Morgan fingerprint density at radius 2 is 1.82 bits per heavy atom. The van der Waals surface area contributed by atoms with Gasteiger partial charge in [-0.25, -0.2) is 5.43 Å². The van der Waals surface area contributed by atoms with E-state index >= 15 is 0 Å². The number of hydrogen-bond acceptors (Lipinski definition) is 3. The molecule has 120 valence electrons. The molecule has 5 nitrogen and oxygen atoms in total. The van der Waals surface area contributed by atoms with Crippen molar-refractivity contribution < 1.29 is 9.59 Å². The minimum absolute atomic E-state index is 0.0487. The third kappa shape index (κ3) is 6.91. The zero-order chi connectivity index (χ0) is 16.5. The zero-order valence-corrected chi connectivity index (χ0v) is 14.1. The van der Waals surface area contributed by atoms with Crippen molar-refractivity contribution in [2.24, 2.45) is 5.10 Å². The van der Waals surface area contributed by atoms with Gasteiger partial charge in [0.05, 0.1) is 10.7 Å². The molecule has 0 radical (unpaired) electrons. The van der Waals surface area contributed by atoms with E-state index in [0.29, 0.717) is 15.7 Å². The topological polar surface area (TPSA) is 70.6 Å². The smallest absolute Gasteiger partial charge is 0.240 e. The molecule has 0 fully saturated rings. The number of nitrogens with one attached hydrogen (secondary N) is 2. The molecule has 0 aliphatic heterocycles. The van der Waals surface area contributed by atoms with E-state index in [-0.39, 0.29) is 24.7 Å². The Morgan fingerprint density at radius 1 is 1.14 bits per heavy atom. The Kier molecular flexibility index (Phi) is 7.91. The number of carbonyl (C=O) groups is 2. The third-order valence-corrected chi connectivity index (χ3v) is 3.32. The van der Waals surface area contributed by atoms with E-state index in [2.05, 4.69) is 15.8 Å². The zero-order valence-electron chi connectivity index (χ0n) is 12.6. The van der Waals surface area contributed by atoms with Crippen LogP contribution in [0.3, 0.4) is 0 Å². The molecule has 0 aliphatic carbocycles. The summed E-state index contributed by atoms with van der Waals surface area (Å²) in [5.41, 5.74) is 3.75. The summed E-state index contributed by atoms with van der Waals surface area (Å²) in [4.78, 5) is 23.4. The van der Waals surface area contributed by atoms with Gasteiger partial charge in [-0.1, -0.05) is 36.5 Å². The third-order valence-electron chi connectivity index (χ3n) is 2.77. The van der Waals surface area contributed by atoms with Gasteiger partial charge in [0.2, 0.25) is 11.8 Å². The standard InChI is InChI=1S/C15H19Cl2N3O2/c1-3-4-10(2)19-20-15(22)8-7-14(21)18-13-6-5-11(16)9-12(13)17/h5-6,9H,3-4,7-8H2,1-2H3,(H,18,21)(H,20,22)/b19-10+. The van der Waals surface area contributed by atoms with Crippen LogP contribution in [0.5, 0.6) is 0 Å². The molecule has 0 bridgehead atoms. The maximum atomic E-state index is 11.8. The van der Waals surface area contributed by atoms with E-state index in [1.165, 1.54) is 6.07 Å². The lowest BCUT2D eigenvalue weighted by Crippen LogP contribution is -2.21. The number of halogens is 2. The van der Waals surface area contributed by atoms with Crippen molar-refractivity contribution in [3.63, 3.8) is 0 Å². The van der Waals surface area contributed by atoms with Crippen LogP contribution in [0.2, 0.25) is 10.0 Å². The Labute approximate surface area is 140 Å². The predicted molar refractivity (Wildman–Crippen MR) is 90.5 cm³/mol. The molecular weight excluding hydrogens is 325 g/mol. The predicted octanol–water partition coefficient (Wildman–Crippen LogP) is 4.00. The first-order valence-electron chi connectivity index (χ1n) is 6.99. The maximum absolute atomic E-state index is 11.8. The Bertz CT molecular complexity index is 574. The van der Waals surface area contributed by atoms with Gasteiger partial charge in [-0.3, -0.25) is 9.59 Å². The van der Waals surface area contributed by atoms with Gasteiger partial charge in [0.15, 0.2) is 0 Å². The number of nitrogens with zero attached hydrogens (tertiary/aromatic N) is 1. The van der Waals surface area contributed by atoms with Crippen LogP contribution in [0.4, 0.5) is 5.69 Å². The lowest BCUT2D eigenvalue weighted by molar-refractivity contribution is -0.124. The van der Waals surface area contributed by atoms with Crippen molar-refractivity contribution in [3.8, 4) is 0 Å². The van der Waals surface area contributed by atoms with Crippen LogP contribution in [-0.2, 0) is 9.59 Å². The number of rotatable bonds is 7. The van der Waals surface area contributed by atoms with E-state index in [9.17, 15) is 9.59 Å². The van der Waals surface area contributed by atoms with E-state index < -0.39 is 0 Å². The van der Waals surface area contributed by atoms with Crippen LogP contribution in [0, 0.1) is 0 Å². The average Bonchev–Trinajstić information content (AvgIpc) is 2.46. The van der Waals surface area contributed by atoms with Gasteiger partial charge in [-0.15, -0.1) is 0 Å². The fraction of sp³-hybridized carbons (Fsp3) is 0.400. The van der Waals surface area contributed by atoms with Gasteiger partial charge in [-0.2, -0.15) is 5.10 Å². The van der Waals surface area contributed by atoms with E-state index in [4.69, 9.17) is 23.2 Å². The van der Waals surface area contributed by atoms with Gasteiger partial charge in [0.1, 0.15) is 0 Å². The highest BCUT2D eigenvalue weighted by molar-refractivity contribution is 6.36. The average molecular weight is 344 g/mol. The van der Waals surface area contributed by atoms with Gasteiger partial charge in [0, 0.05) is 23.6 Å². The molecule has 0 saturated heterocycles. The molecule has 0 unspecified atom stereocenters. The molecule has 2 N–H and O–H groups in total. The second kappa shape index (κ2) is 9.43. The Morgan fingerprint density at radius 3 is 2.45 bits per heavy atom. The second-order valence-corrected chi connectivity index (χ2v) is 5.65. The highest BCUT2D eigenvalue weighted by atomic mass is 35.5. The molecule has 7 heteroatoms. The lowest BCUT2D eigenvalue weighted by Gasteiger charge is -2.07. The summed E-state index contributed by atoms with van der Waals surface area (Å²) in [6, 6.07) is 4.78. The summed E-state index contributed by atoms with van der Waals surface area (Å²) in [6.45, 7) is 3.88.